The van der Waals surface area contributed by atoms with Gasteiger partial charge in [-0.3, -0.25) is 5.10 Å². The molecule has 14 heavy (non-hydrogen) atoms. The fourth-order valence-electron chi connectivity index (χ4n) is 0.983. The van der Waals surface area contributed by atoms with Crippen molar-refractivity contribution in [3.05, 3.63) is 41.4 Å². The van der Waals surface area contributed by atoms with Crippen molar-refractivity contribution in [3.8, 4) is 5.75 Å². The Kier molecular flexibility index (Phi) is 2.65. The number of halogens is 1. The average molecular weight is 210 g/mol. The van der Waals surface area contributed by atoms with Crippen molar-refractivity contribution in [1.82, 2.24) is 15.2 Å². The van der Waals surface area contributed by atoms with Crippen LogP contribution in [0, 0.1) is 0 Å². The second kappa shape index (κ2) is 4.11. The summed E-state index contributed by atoms with van der Waals surface area (Å²) in [5.74, 6) is 1.45. The Morgan fingerprint density at radius 3 is 2.71 bits per heavy atom. The summed E-state index contributed by atoms with van der Waals surface area (Å²) < 4.78 is 5.41. The minimum Gasteiger partial charge on any atom is -0.486 e. The van der Waals surface area contributed by atoms with E-state index in [9.17, 15) is 0 Å². The summed E-state index contributed by atoms with van der Waals surface area (Å²) in [7, 11) is 0. The largest absolute Gasteiger partial charge is 0.486 e. The predicted molar refractivity (Wildman–Crippen MR) is 52.2 cm³/mol. The lowest BCUT2D eigenvalue weighted by Gasteiger charge is -2.02. The smallest absolute Gasteiger partial charge is 0.162 e. The molecule has 0 saturated carbocycles. The van der Waals surface area contributed by atoms with Crippen LogP contribution in [0.3, 0.4) is 0 Å². The van der Waals surface area contributed by atoms with Crippen molar-refractivity contribution in [2.24, 2.45) is 0 Å². The van der Waals surface area contributed by atoms with E-state index in [1.54, 1.807) is 24.3 Å². The van der Waals surface area contributed by atoms with Crippen LogP contribution in [-0.2, 0) is 6.61 Å². The Balaban J connectivity index is 1.95. The van der Waals surface area contributed by atoms with Crippen LogP contribution in [0.25, 0.3) is 0 Å². The second-order valence-electron chi connectivity index (χ2n) is 2.67. The van der Waals surface area contributed by atoms with Gasteiger partial charge in [-0.2, -0.15) is 5.10 Å². The Morgan fingerprint density at radius 1 is 1.29 bits per heavy atom. The standard InChI is InChI=1S/C9H8ClN3O/c10-7-1-3-8(4-2-7)14-5-9-11-6-12-13-9/h1-4,6H,5H2,(H,11,12,13). The summed E-state index contributed by atoms with van der Waals surface area (Å²) in [5.41, 5.74) is 0. The van der Waals surface area contributed by atoms with Crippen molar-refractivity contribution in [1.29, 1.82) is 0 Å². The van der Waals surface area contributed by atoms with Gasteiger partial charge in [0.2, 0.25) is 0 Å². The SMILES string of the molecule is Clc1ccc(OCc2ncn[nH]2)cc1. The molecule has 1 N–H and O–H groups in total. The summed E-state index contributed by atoms with van der Waals surface area (Å²) >= 11 is 5.73. The van der Waals surface area contributed by atoms with E-state index in [0.29, 0.717) is 17.5 Å². The predicted octanol–water partition coefficient (Wildman–Crippen LogP) is 2.04. The highest BCUT2D eigenvalue weighted by Crippen LogP contribution is 2.15. The van der Waals surface area contributed by atoms with Crippen LogP contribution in [0.2, 0.25) is 5.02 Å². The van der Waals surface area contributed by atoms with Gasteiger partial charge in [0.05, 0.1) is 0 Å². The fourth-order valence-corrected chi connectivity index (χ4v) is 1.11. The van der Waals surface area contributed by atoms with E-state index in [4.69, 9.17) is 16.3 Å². The summed E-state index contributed by atoms with van der Waals surface area (Å²) in [5, 5.41) is 7.11. The fraction of sp³-hybridized carbons (Fsp3) is 0.111. The molecule has 4 nitrogen and oxygen atoms in total. The maximum Gasteiger partial charge on any atom is 0.162 e. The maximum absolute atomic E-state index is 5.73. The highest BCUT2D eigenvalue weighted by atomic mass is 35.5. The number of aromatic nitrogens is 3. The lowest BCUT2D eigenvalue weighted by molar-refractivity contribution is 0.296. The van der Waals surface area contributed by atoms with E-state index >= 15 is 0 Å². The topological polar surface area (TPSA) is 50.8 Å². The van der Waals surface area contributed by atoms with Crippen molar-refractivity contribution in [3.63, 3.8) is 0 Å². The van der Waals surface area contributed by atoms with Gasteiger partial charge in [-0.1, -0.05) is 11.6 Å². The monoisotopic (exact) mass is 209 g/mol. The summed E-state index contributed by atoms with van der Waals surface area (Å²) in [6.07, 6.45) is 1.44. The number of hydrogen-bond donors (Lipinski definition) is 1. The molecule has 1 aromatic heterocycles. The Morgan fingerprint density at radius 2 is 2.07 bits per heavy atom. The Labute approximate surface area is 85.9 Å². The first-order chi connectivity index (χ1) is 6.84. The third-order valence-corrected chi connectivity index (χ3v) is 1.91. The first-order valence-corrected chi connectivity index (χ1v) is 4.45. The van der Waals surface area contributed by atoms with Crippen LogP contribution >= 0.6 is 11.6 Å². The zero-order valence-corrected chi connectivity index (χ0v) is 8.03. The van der Waals surface area contributed by atoms with Gasteiger partial charge in [0.25, 0.3) is 0 Å². The van der Waals surface area contributed by atoms with Gasteiger partial charge in [0, 0.05) is 5.02 Å². The molecule has 0 aliphatic carbocycles. The molecular weight excluding hydrogens is 202 g/mol. The molecule has 0 saturated heterocycles. The van der Waals surface area contributed by atoms with Crippen LogP contribution in [0.5, 0.6) is 5.75 Å². The summed E-state index contributed by atoms with van der Waals surface area (Å²) in [6.45, 7) is 0.377. The number of rotatable bonds is 3. The van der Waals surface area contributed by atoms with Crippen LogP contribution in [0.1, 0.15) is 5.82 Å². The molecular formula is C9H8ClN3O. The molecule has 0 amide bonds. The lowest BCUT2D eigenvalue weighted by Crippen LogP contribution is -1.97. The number of nitrogens with one attached hydrogen (secondary N) is 1. The van der Waals surface area contributed by atoms with Crippen molar-refractivity contribution in [2.45, 2.75) is 6.61 Å². The quantitative estimate of drug-likeness (QED) is 0.842. The molecule has 1 heterocycles. The first kappa shape index (κ1) is 9.02. The highest BCUT2D eigenvalue weighted by molar-refractivity contribution is 6.30. The van der Waals surface area contributed by atoms with Gasteiger partial charge in [-0.25, -0.2) is 4.98 Å². The van der Waals surface area contributed by atoms with E-state index in [1.807, 2.05) is 0 Å². The number of aromatic amines is 1. The summed E-state index contributed by atoms with van der Waals surface area (Å²) in [6, 6.07) is 7.16. The molecule has 2 aromatic rings. The number of ether oxygens (including phenoxy) is 1. The van der Waals surface area contributed by atoms with E-state index in [0.717, 1.165) is 5.75 Å². The zero-order chi connectivity index (χ0) is 9.80. The molecule has 72 valence electrons. The molecule has 0 aliphatic rings. The first-order valence-electron chi connectivity index (χ1n) is 4.07. The molecule has 1 aromatic carbocycles. The zero-order valence-electron chi connectivity index (χ0n) is 7.27. The van der Waals surface area contributed by atoms with Gasteiger partial charge in [0.15, 0.2) is 5.82 Å². The molecule has 0 unspecified atom stereocenters. The van der Waals surface area contributed by atoms with Crippen LogP contribution in [0.15, 0.2) is 30.6 Å². The maximum atomic E-state index is 5.73. The van der Waals surface area contributed by atoms with E-state index < -0.39 is 0 Å². The lowest BCUT2D eigenvalue weighted by atomic mass is 10.3. The number of benzene rings is 1. The van der Waals surface area contributed by atoms with E-state index in [-0.39, 0.29) is 0 Å². The van der Waals surface area contributed by atoms with Crippen molar-refractivity contribution in [2.75, 3.05) is 0 Å². The van der Waals surface area contributed by atoms with E-state index in [1.165, 1.54) is 6.33 Å². The second-order valence-corrected chi connectivity index (χ2v) is 3.11. The Bertz CT molecular complexity index is 385. The third-order valence-electron chi connectivity index (χ3n) is 1.65. The van der Waals surface area contributed by atoms with Crippen molar-refractivity contribution < 1.29 is 4.74 Å². The summed E-state index contributed by atoms with van der Waals surface area (Å²) in [4.78, 5) is 3.93. The van der Waals surface area contributed by atoms with Gasteiger partial charge in [0.1, 0.15) is 18.7 Å². The normalized spacial score (nSPS) is 10.1. The van der Waals surface area contributed by atoms with Gasteiger partial charge in [-0.05, 0) is 24.3 Å². The van der Waals surface area contributed by atoms with Crippen LogP contribution < -0.4 is 4.74 Å². The molecule has 0 spiro atoms. The Hall–Kier alpha value is -1.55. The van der Waals surface area contributed by atoms with Crippen LogP contribution in [-0.4, -0.2) is 15.2 Å². The minimum atomic E-state index is 0.377. The van der Waals surface area contributed by atoms with Crippen LogP contribution in [0.4, 0.5) is 0 Å². The molecule has 0 fully saturated rings. The number of H-pyrrole nitrogens is 1. The van der Waals surface area contributed by atoms with Gasteiger partial charge >= 0.3 is 0 Å². The highest BCUT2D eigenvalue weighted by Gasteiger charge is 1.97. The molecule has 2 rings (SSSR count). The minimum absolute atomic E-state index is 0.377. The van der Waals surface area contributed by atoms with E-state index in [2.05, 4.69) is 15.2 Å². The molecule has 0 atom stereocenters. The molecule has 5 heteroatoms. The third kappa shape index (κ3) is 2.23. The van der Waals surface area contributed by atoms with Crippen molar-refractivity contribution >= 4 is 11.6 Å². The average Bonchev–Trinajstić information content (AvgIpc) is 2.70. The number of hydrogen-bond acceptors (Lipinski definition) is 3. The molecule has 0 bridgehead atoms. The number of nitrogens with zero attached hydrogens (tertiary/aromatic N) is 2. The molecule has 0 radical (unpaired) electrons. The van der Waals surface area contributed by atoms with Gasteiger partial charge < -0.3 is 4.74 Å². The molecule has 0 aliphatic heterocycles. The van der Waals surface area contributed by atoms with Gasteiger partial charge in [-0.15, -0.1) is 0 Å².